The molecule has 2 aromatic carbocycles. The van der Waals surface area contributed by atoms with Crippen LogP contribution in [0.25, 0.3) is 0 Å². The number of aryl methyl sites for hydroxylation is 1. The van der Waals surface area contributed by atoms with Crippen LogP contribution in [0.1, 0.15) is 36.5 Å². The van der Waals surface area contributed by atoms with Crippen LogP contribution in [0.3, 0.4) is 0 Å². The molecule has 3 rings (SSSR count). The van der Waals surface area contributed by atoms with Crippen molar-refractivity contribution in [1.82, 2.24) is 10.2 Å². The fourth-order valence-electron chi connectivity index (χ4n) is 3.67. The van der Waals surface area contributed by atoms with Gasteiger partial charge in [0.05, 0.1) is 11.8 Å². The van der Waals surface area contributed by atoms with Gasteiger partial charge in [0, 0.05) is 19.6 Å². The highest BCUT2D eigenvalue weighted by Gasteiger charge is 2.39. The van der Waals surface area contributed by atoms with Gasteiger partial charge >= 0.3 is 0 Å². The van der Waals surface area contributed by atoms with Gasteiger partial charge in [-0.2, -0.15) is 0 Å². The van der Waals surface area contributed by atoms with E-state index in [1.807, 2.05) is 38.1 Å². The smallest absolute Gasteiger partial charge is 0.227 e. The Morgan fingerprint density at radius 2 is 1.89 bits per heavy atom. The van der Waals surface area contributed by atoms with E-state index in [0.717, 1.165) is 29.5 Å². The number of halogens is 1. The Morgan fingerprint density at radius 3 is 2.61 bits per heavy atom. The molecule has 0 saturated carbocycles. The van der Waals surface area contributed by atoms with Crippen LogP contribution in [0.5, 0.6) is 0 Å². The van der Waals surface area contributed by atoms with Gasteiger partial charge in [-0.1, -0.05) is 42.0 Å². The summed E-state index contributed by atoms with van der Waals surface area (Å²) in [4.78, 5) is 27.3. The normalized spacial score (nSPS) is 19.3. The molecule has 2 aromatic rings. The molecule has 0 bridgehead atoms. The lowest BCUT2D eigenvalue weighted by Crippen LogP contribution is -2.52. The number of nitrogens with one attached hydrogen (secondary N) is 1. The zero-order chi connectivity index (χ0) is 20.1. The number of hydrogen-bond acceptors (Lipinski definition) is 2. The van der Waals surface area contributed by atoms with Gasteiger partial charge in [-0.05, 0) is 49.9 Å². The number of amides is 2. The van der Waals surface area contributed by atoms with Crippen molar-refractivity contribution < 1.29 is 14.0 Å². The van der Waals surface area contributed by atoms with Gasteiger partial charge in [0.1, 0.15) is 5.82 Å². The SMILES string of the molecule is Cc1ccc(CC(=O)N2CCC[C@@](C)(C(=O)NCc3cccc(F)c3)C2)cc1. The van der Waals surface area contributed by atoms with Crippen molar-refractivity contribution >= 4 is 11.8 Å². The van der Waals surface area contributed by atoms with E-state index < -0.39 is 5.41 Å². The Balaban J connectivity index is 1.59. The quantitative estimate of drug-likeness (QED) is 0.859. The van der Waals surface area contributed by atoms with Crippen molar-refractivity contribution in [2.24, 2.45) is 5.41 Å². The molecule has 1 aliphatic rings. The number of carbonyl (C=O) groups excluding carboxylic acids is 2. The highest BCUT2D eigenvalue weighted by molar-refractivity contribution is 5.84. The van der Waals surface area contributed by atoms with Gasteiger partial charge in [-0.3, -0.25) is 9.59 Å². The number of piperidine rings is 1. The van der Waals surface area contributed by atoms with Gasteiger partial charge in [0.15, 0.2) is 0 Å². The van der Waals surface area contributed by atoms with Crippen LogP contribution in [-0.2, 0) is 22.6 Å². The molecule has 1 N–H and O–H groups in total. The molecule has 1 heterocycles. The molecule has 148 valence electrons. The number of rotatable bonds is 5. The lowest BCUT2D eigenvalue weighted by molar-refractivity contribution is -0.140. The van der Waals surface area contributed by atoms with Crippen molar-refractivity contribution in [3.05, 3.63) is 71.0 Å². The van der Waals surface area contributed by atoms with Crippen LogP contribution in [-0.4, -0.2) is 29.8 Å². The topological polar surface area (TPSA) is 49.4 Å². The molecule has 0 aromatic heterocycles. The molecule has 4 nitrogen and oxygen atoms in total. The van der Waals surface area contributed by atoms with E-state index in [2.05, 4.69) is 5.32 Å². The van der Waals surface area contributed by atoms with E-state index in [1.54, 1.807) is 17.0 Å². The van der Waals surface area contributed by atoms with Gasteiger partial charge in [0.25, 0.3) is 0 Å². The highest BCUT2D eigenvalue weighted by atomic mass is 19.1. The molecule has 28 heavy (non-hydrogen) atoms. The summed E-state index contributed by atoms with van der Waals surface area (Å²) in [7, 11) is 0. The summed E-state index contributed by atoms with van der Waals surface area (Å²) >= 11 is 0. The third-order valence-electron chi connectivity index (χ3n) is 5.42. The number of hydrogen-bond donors (Lipinski definition) is 1. The summed E-state index contributed by atoms with van der Waals surface area (Å²) in [6.45, 7) is 5.29. The fourth-order valence-corrected chi connectivity index (χ4v) is 3.67. The molecular formula is C23H27FN2O2. The maximum absolute atomic E-state index is 13.3. The van der Waals surface area contributed by atoms with E-state index in [1.165, 1.54) is 12.1 Å². The summed E-state index contributed by atoms with van der Waals surface area (Å²) < 4.78 is 13.3. The second kappa shape index (κ2) is 8.55. The van der Waals surface area contributed by atoms with Crippen LogP contribution in [0.4, 0.5) is 4.39 Å². The molecule has 0 spiro atoms. The number of nitrogens with zero attached hydrogens (tertiary/aromatic N) is 1. The minimum absolute atomic E-state index is 0.0488. The molecule has 5 heteroatoms. The predicted molar refractivity (Wildman–Crippen MR) is 107 cm³/mol. The van der Waals surface area contributed by atoms with Gasteiger partial charge < -0.3 is 10.2 Å². The zero-order valence-electron chi connectivity index (χ0n) is 16.5. The molecule has 1 fully saturated rings. The standard InChI is InChI=1S/C23H27FN2O2/c1-17-7-9-18(10-8-17)14-21(27)26-12-4-11-23(2,16-26)22(28)25-15-19-5-3-6-20(24)13-19/h3,5-10,13H,4,11-12,14-16H2,1-2H3,(H,25,28)/t23-/m1/s1. The van der Waals surface area contributed by atoms with Crippen LogP contribution in [0, 0.1) is 18.2 Å². The lowest BCUT2D eigenvalue weighted by atomic mass is 9.80. The number of carbonyl (C=O) groups is 2. The van der Waals surface area contributed by atoms with Crippen molar-refractivity contribution in [3.63, 3.8) is 0 Å². The van der Waals surface area contributed by atoms with Crippen molar-refractivity contribution in [2.45, 2.75) is 39.7 Å². The van der Waals surface area contributed by atoms with Gasteiger partial charge in [0.2, 0.25) is 11.8 Å². The first-order valence-corrected chi connectivity index (χ1v) is 9.72. The van der Waals surface area contributed by atoms with Crippen molar-refractivity contribution in [3.8, 4) is 0 Å². The summed E-state index contributed by atoms with van der Waals surface area (Å²) in [5.41, 5.74) is 2.24. The minimum atomic E-state index is -0.630. The number of likely N-dealkylation sites (tertiary alicyclic amines) is 1. The van der Waals surface area contributed by atoms with E-state index in [9.17, 15) is 14.0 Å². The Kier molecular flexibility index (Phi) is 6.12. The summed E-state index contributed by atoms with van der Waals surface area (Å²) in [6, 6.07) is 14.2. The number of benzene rings is 2. The predicted octanol–water partition coefficient (Wildman–Crippen LogP) is 3.62. The Labute approximate surface area is 165 Å². The third-order valence-corrected chi connectivity index (χ3v) is 5.42. The first kappa shape index (κ1) is 20.1. The molecule has 0 radical (unpaired) electrons. The van der Waals surface area contributed by atoms with E-state index in [0.29, 0.717) is 19.5 Å². The second-order valence-electron chi connectivity index (χ2n) is 7.95. The first-order chi connectivity index (χ1) is 13.4. The first-order valence-electron chi connectivity index (χ1n) is 9.72. The summed E-state index contributed by atoms with van der Waals surface area (Å²) in [5, 5.41) is 2.91. The summed E-state index contributed by atoms with van der Waals surface area (Å²) in [6.07, 6.45) is 1.88. The molecule has 0 unspecified atom stereocenters. The van der Waals surface area contributed by atoms with Crippen LogP contribution in [0.15, 0.2) is 48.5 Å². The molecular weight excluding hydrogens is 355 g/mol. The molecule has 1 saturated heterocycles. The van der Waals surface area contributed by atoms with E-state index >= 15 is 0 Å². The molecule has 1 atom stereocenters. The average Bonchev–Trinajstić information content (AvgIpc) is 2.68. The highest BCUT2D eigenvalue weighted by Crippen LogP contribution is 2.30. The van der Waals surface area contributed by atoms with Crippen molar-refractivity contribution in [1.29, 1.82) is 0 Å². The average molecular weight is 382 g/mol. The maximum Gasteiger partial charge on any atom is 0.227 e. The van der Waals surface area contributed by atoms with Crippen LogP contribution >= 0.6 is 0 Å². The van der Waals surface area contributed by atoms with E-state index in [4.69, 9.17) is 0 Å². The van der Waals surface area contributed by atoms with Crippen LogP contribution < -0.4 is 5.32 Å². The lowest BCUT2D eigenvalue weighted by Gasteiger charge is -2.39. The van der Waals surface area contributed by atoms with Crippen LogP contribution in [0.2, 0.25) is 0 Å². The Bertz CT molecular complexity index is 850. The Morgan fingerprint density at radius 1 is 1.14 bits per heavy atom. The second-order valence-corrected chi connectivity index (χ2v) is 7.95. The monoisotopic (exact) mass is 382 g/mol. The molecule has 0 aliphatic carbocycles. The zero-order valence-corrected chi connectivity index (χ0v) is 16.5. The fraction of sp³-hybridized carbons (Fsp3) is 0.391. The van der Waals surface area contributed by atoms with Crippen molar-refractivity contribution in [2.75, 3.05) is 13.1 Å². The maximum atomic E-state index is 13.3. The third kappa shape index (κ3) is 4.97. The molecule has 2 amide bonds. The van der Waals surface area contributed by atoms with E-state index in [-0.39, 0.29) is 24.2 Å². The van der Waals surface area contributed by atoms with Gasteiger partial charge in [-0.15, -0.1) is 0 Å². The Hall–Kier alpha value is -2.69. The van der Waals surface area contributed by atoms with Gasteiger partial charge in [-0.25, -0.2) is 4.39 Å². The largest absolute Gasteiger partial charge is 0.351 e. The molecule has 1 aliphatic heterocycles. The summed E-state index contributed by atoms with van der Waals surface area (Å²) in [5.74, 6) is -0.360. The minimum Gasteiger partial charge on any atom is -0.351 e.